The number of imide groups is 1. The molecule has 0 bridgehead atoms. The fourth-order valence-electron chi connectivity index (χ4n) is 4.31. The number of amides is 4. The highest BCUT2D eigenvalue weighted by Crippen LogP contribution is 2.37. The molecule has 12 nitrogen and oxygen atoms in total. The number of carbonyl (C=O) groups is 3. The summed E-state index contributed by atoms with van der Waals surface area (Å²) >= 11 is 1.28. The van der Waals surface area contributed by atoms with Crippen molar-refractivity contribution in [2.24, 2.45) is 5.73 Å². The van der Waals surface area contributed by atoms with Gasteiger partial charge in [0.15, 0.2) is 0 Å². The van der Waals surface area contributed by atoms with Gasteiger partial charge in [-0.2, -0.15) is 4.31 Å². The smallest absolute Gasteiger partial charge is 0.319 e. The van der Waals surface area contributed by atoms with E-state index in [1.54, 1.807) is 0 Å². The second-order valence-corrected chi connectivity index (χ2v) is 12.0. The number of anilines is 1. The zero-order valence-corrected chi connectivity index (χ0v) is 24.0. The Labute approximate surface area is 232 Å². The van der Waals surface area contributed by atoms with E-state index < -0.39 is 27.9 Å². The molecule has 3 rings (SSSR count). The van der Waals surface area contributed by atoms with Crippen LogP contribution in [-0.2, 0) is 32.5 Å². The van der Waals surface area contributed by atoms with E-state index in [0.717, 1.165) is 30.0 Å². The minimum atomic E-state index is -3.85. The highest BCUT2D eigenvalue weighted by atomic mass is 32.2. The molecule has 1 aromatic carbocycles. The zero-order valence-electron chi connectivity index (χ0n) is 22.3. The van der Waals surface area contributed by atoms with Crippen LogP contribution in [0.3, 0.4) is 0 Å². The lowest BCUT2D eigenvalue weighted by molar-refractivity contribution is 0.0965. The predicted octanol–water partition coefficient (Wildman–Crippen LogP) is 1.86. The van der Waals surface area contributed by atoms with Crippen molar-refractivity contribution < 1.29 is 32.3 Å². The number of hydrogen-bond acceptors (Lipinski definition) is 9. The van der Waals surface area contributed by atoms with Crippen molar-refractivity contribution >= 4 is 44.2 Å². The molecule has 0 aliphatic carbocycles. The van der Waals surface area contributed by atoms with Crippen molar-refractivity contribution in [3.05, 3.63) is 45.8 Å². The molecular weight excluding hydrogens is 546 g/mol. The van der Waals surface area contributed by atoms with Crippen LogP contribution in [0.2, 0.25) is 0 Å². The first-order valence-corrected chi connectivity index (χ1v) is 14.7. The molecule has 0 spiro atoms. The number of rotatable bonds is 13. The molecule has 14 heteroatoms. The fourth-order valence-corrected chi connectivity index (χ4v) is 7.00. The van der Waals surface area contributed by atoms with E-state index in [1.165, 1.54) is 54.1 Å². The summed E-state index contributed by atoms with van der Waals surface area (Å²) in [5.74, 6) is -1.19. The molecule has 4 N–H and O–H groups in total. The van der Waals surface area contributed by atoms with Gasteiger partial charge in [0, 0.05) is 50.8 Å². The maximum absolute atomic E-state index is 13.1. The van der Waals surface area contributed by atoms with Crippen LogP contribution in [0.1, 0.15) is 44.5 Å². The van der Waals surface area contributed by atoms with Crippen LogP contribution in [0.15, 0.2) is 29.2 Å². The number of nitrogens with zero attached hydrogens (tertiary/aromatic N) is 2. The Hall–Kier alpha value is -2.88. The van der Waals surface area contributed by atoms with Crippen molar-refractivity contribution in [2.75, 3.05) is 58.9 Å². The Morgan fingerprint density at radius 3 is 2.28 bits per heavy atom. The SMILES string of the molecule is CCCN1CCc2c(sc(NC(=O)c3ccc(S(=O)(=O)N(CCOC)CCOC)cc3)c2C(=O)NC(N)=O)C1. The molecule has 214 valence electrons. The van der Waals surface area contributed by atoms with Crippen LogP contribution in [0, 0.1) is 0 Å². The van der Waals surface area contributed by atoms with Gasteiger partial charge in [-0.05, 0) is 49.2 Å². The van der Waals surface area contributed by atoms with E-state index >= 15 is 0 Å². The molecule has 0 saturated heterocycles. The molecule has 0 fully saturated rings. The van der Waals surface area contributed by atoms with Gasteiger partial charge in [0.2, 0.25) is 10.0 Å². The molecule has 0 atom stereocenters. The van der Waals surface area contributed by atoms with Gasteiger partial charge < -0.3 is 20.5 Å². The predicted molar refractivity (Wildman–Crippen MR) is 148 cm³/mol. The number of thiophene rings is 1. The highest BCUT2D eigenvalue weighted by molar-refractivity contribution is 7.89. The minimum absolute atomic E-state index is 0.0235. The van der Waals surface area contributed by atoms with Gasteiger partial charge in [0.1, 0.15) is 5.00 Å². The number of sulfonamides is 1. The Kier molecular flexibility index (Phi) is 11.0. The van der Waals surface area contributed by atoms with Gasteiger partial charge in [-0.15, -0.1) is 11.3 Å². The molecule has 1 aliphatic heterocycles. The number of urea groups is 1. The number of hydrogen-bond donors (Lipinski definition) is 3. The quantitative estimate of drug-likeness (QED) is 0.323. The molecule has 0 radical (unpaired) electrons. The van der Waals surface area contributed by atoms with Gasteiger partial charge >= 0.3 is 6.03 Å². The average Bonchev–Trinajstić information content (AvgIpc) is 3.25. The molecule has 4 amide bonds. The Morgan fingerprint density at radius 1 is 1.08 bits per heavy atom. The average molecular weight is 582 g/mol. The van der Waals surface area contributed by atoms with Crippen molar-refractivity contribution in [3.63, 3.8) is 0 Å². The summed E-state index contributed by atoms with van der Waals surface area (Å²) in [7, 11) is -0.869. The first-order valence-electron chi connectivity index (χ1n) is 12.5. The van der Waals surface area contributed by atoms with Crippen molar-refractivity contribution in [1.29, 1.82) is 0 Å². The molecule has 1 aromatic heterocycles. The molecule has 2 heterocycles. The third-order valence-electron chi connectivity index (χ3n) is 6.21. The van der Waals surface area contributed by atoms with Crippen molar-refractivity contribution in [3.8, 4) is 0 Å². The molecule has 0 unspecified atom stereocenters. The summed E-state index contributed by atoms with van der Waals surface area (Å²) in [5, 5.41) is 5.19. The third kappa shape index (κ3) is 7.62. The van der Waals surface area contributed by atoms with E-state index in [2.05, 4.69) is 22.5 Å². The maximum Gasteiger partial charge on any atom is 0.319 e. The first kappa shape index (κ1) is 30.7. The second kappa shape index (κ2) is 14.0. The van der Waals surface area contributed by atoms with E-state index in [4.69, 9.17) is 15.2 Å². The zero-order chi connectivity index (χ0) is 28.6. The molecular formula is C25H35N5O7S2. The molecule has 2 aromatic rings. The molecule has 1 aliphatic rings. The maximum atomic E-state index is 13.1. The minimum Gasteiger partial charge on any atom is -0.383 e. The normalized spacial score (nSPS) is 13.7. The van der Waals surface area contributed by atoms with Gasteiger partial charge in [-0.25, -0.2) is 13.2 Å². The van der Waals surface area contributed by atoms with Gasteiger partial charge in [0.25, 0.3) is 11.8 Å². The second-order valence-electron chi connectivity index (χ2n) is 8.92. The number of benzene rings is 1. The van der Waals surface area contributed by atoms with Gasteiger partial charge in [-0.1, -0.05) is 6.92 Å². The largest absolute Gasteiger partial charge is 0.383 e. The van der Waals surface area contributed by atoms with E-state index in [1.807, 2.05) is 0 Å². The lowest BCUT2D eigenvalue weighted by Gasteiger charge is -2.26. The Morgan fingerprint density at radius 2 is 1.72 bits per heavy atom. The molecule has 39 heavy (non-hydrogen) atoms. The Balaban J connectivity index is 1.84. The van der Waals surface area contributed by atoms with Crippen LogP contribution in [0.25, 0.3) is 0 Å². The van der Waals surface area contributed by atoms with Crippen LogP contribution < -0.4 is 16.4 Å². The number of methoxy groups -OCH3 is 2. The van der Waals surface area contributed by atoms with E-state index in [-0.39, 0.29) is 42.3 Å². The summed E-state index contributed by atoms with van der Waals surface area (Å²) < 4.78 is 37.6. The first-order chi connectivity index (χ1) is 18.6. The number of fused-ring (bicyclic) bond motifs is 1. The number of primary amides is 1. The monoisotopic (exact) mass is 581 g/mol. The van der Waals surface area contributed by atoms with Crippen molar-refractivity contribution in [1.82, 2.24) is 14.5 Å². The fraction of sp³-hybridized carbons (Fsp3) is 0.480. The summed E-state index contributed by atoms with van der Waals surface area (Å²) in [6, 6.07) is 4.56. The Bertz CT molecular complexity index is 1270. The standard InChI is InChI=1S/C25H35N5O7S2/c1-4-10-29-11-9-19-20(16-29)38-24(21(19)23(32)28-25(26)33)27-22(31)17-5-7-18(8-6-17)39(34,35)30(12-14-36-2)13-15-37-3/h5-8H,4,9-16H2,1-3H3,(H,27,31)(H3,26,28,32,33). The molecule has 0 saturated carbocycles. The topological polar surface area (TPSA) is 160 Å². The number of carbonyl (C=O) groups excluding carboxylic acids is 3. The third-order valence-corrected chi connectivity index (χ3v) is 9.26. The van der Waals surface area contributed by atoms with Crippen molar-refractivity contribution in [2.45, 2.75) is 31.2 Å². The summed E-state index contributed by atoms with van der Waals surface area (Å²) in [6.07, 6.45) is 1.58. The van der Waals surface area contributed by atoms with E-state index in [9.17, 15) is 22.8 Å². The summed E-state index contributed by atoms with van der Waals surface area (Å²) in [5.41, 5.74) is 6.39. The number of nitrogens with two attached hydrogens (primary N) is 1. The van der Waals surface area contributed by atoms with Crippen LogP contribution in [0.4, 0.5) is 9.80 Å². The summed E-state index contributed by atoms with van der Waals surface area (Å²) in [6.45, 7) is 5.13. The van der Waals surface area contributed by atoms with Gasteiger partial charge in [-0.3, -0.25) is 19.8 Å². The highest BCUT2D eigenvalue weighted by Gasteiger charge is 2.30. The van der Waals surface area contributed by atoms with E-state index in [0.29, 0.717) is 18.0 Å². The lowest BCUT2D eigenvalue weighted by Crippen LogP contribution is -2.36. The number of nitrogens with one attached hydrogen (secondary N) is 2. The number of ether oxygens (including phenoxy) is 2. The lowest BCUT2D eigenvalue weighted by atomic mass is 10.0. The van der Waals surface area contributed by atoms with Crippen LogP contribution >= 0.6 is 11.3 Å². The van der Waals surface area contributed by atoms with Crippen LogP contribution in [0.5, 0.6) is 0 Å². The van der Waals surface area contributed by atoms with Crippen LogP contribution in [-0.4, -0.2) is 89.1 Å². The van der Waals surface area contributed by atoms with Gasteiger partial charge in [0.05, 0.1) is 23.7 Å². The summed E-state index contributed by atoms with van der Waals surface area (Å²) in [4.78, 5) is 40.6.